The van der Waals surface area contributed by atoms with E-state index in [0.717, 1.165) is 51.4 Å². The number of carbonyl (C=O) groups excluding carboxylic acids is 4. The van der Waals surface area contributed by atoms with E-state index in [-0.39, 0.29) is 54.2 Å². The third-order valence-corrected chi connectivity index (χ3v) is 23.7. The van der Waals surface area contributed by atoms with Crippen LogP contribution in [0.4, 0.5) is 11.4 Å². The van der Waals surface area contributed by atoms with Crippen LogP contribution in [0.25, 0.3) is 43.1 Å². The van der Waals surface area contributed by atoms with E-state index in [1.54, 1.807) is 30.3 Å². The fourth-order valence-electron chi connectivity index (χ4n) is 16.2. The lowest BCUT2D eigenvalue weighted by molar-refractivity contribution is 0.0877. The molecule has 14 heteroatoms. The van der Waals surface area contributed by atoms with Crippen LogP contribution in [0, 0.1) is 37.5 Å². The summed E-state index contributed by atoms with van der Waals surface area (Å²) >= 11 is 30.4. The van der Waals surface area contributed by atoms with Gasteiger partial charge in [0.2, 0.25) is 0 Å². The van der Waals surface area contributed by atoms with Crippen LogP contribution in [0.5, 0.6) is 23.0 Å². The number of rotatable bonds is 51. The number of carbonyl (C=O) groups is 4. The van der Waals surface area contributed by atoms with E-state index in [1.165, 1.54) is 196 Å². The van der Waals surface area contributed by atoms with Crippen LogP contribution in [0.2, 0.25) is 20.1 Å². The summed E-state index contributed by atoms with van der Waals surface area (Å²) in [7, 11) is 0. The van der Waals surface area contributed by atoms with E-state index in [1.807, 2.05) is 32.0 Å². The first-order valence-electron chi connectivity index (χ1n) is 41.4. The van der Waals surface area contributed by atoms with E-state index < -0.39 is 23.6 Å². The number of hydrogen-bond acceptors (Lipinski definition) is 8. The van der Waals surface area contributed by atoms with Gasteiger partial charge >= 0.3 is 0 Å². The maximum absolute atomic E-state index is 15.7. The molecule has 0 N–H and O–H groups in total. The summed E-state index contributed by atoms with van der Waals surface area (Å²) in [5.41, 5.74) is 2.76. The number of anilines is 2. The second kappa shape index (κ2) is 41.9. The second-order valence-electron chi connectivity index (χ2n) is 31.6. The molecule has 574 valence electrons. The zero-order chi connectivity index (χ0) is 75.1. The van der Waals surface area contributed by atoms with E-state index in [4.69, 9.17) is 65.4 Å². The molecule has 0 radical (unpaired) electrons. The zero-order valence-corrected chi connectivity index (χ0v) is 68.6. The molecule has 0 spiro atoms. The molecule has 4 atom stereocenters. The number of benzene rings is 7. The number of aryl methyl sites for hydroxylation is 2. The molecule has 0 saturated carbocycles. The van der Waals surface area contributed by atoms with Gasteiger partial charge in [-0.05, 0) is 117 Å². The first-order valence-corrected chi connectivity index (χ1v) is 43.0. The zero-order valence-electron chi connectivity index (χ0n) is 65.6. The van der Waals surface area contributed by atoms with Crippen LogP contribution in [-0.2, 0) is 0 Å². The average Bonchev–Trinajstić information content (AvgIpc) is 0.675. The number of imide groups is 2. The summed E-state index contributed by atoms with van der Waals surface area (Å²) in [5.74, 6) is 0.967. The van der Waals surface area contributed by atoms with Crippen molar-refractivity contribution >= 4 is 124 Å². The average molecular weight is 1520 g/mol. The summed E-state index contributed by atoms with van der Waals surface area (Å²) in [6.45, 7) is 23.6. The van der Waals surface area contributed by atoms with Crippen molar-refractivity contribution in [3.63, 3.8) is 0 Å². The van der Waals surface area contributed by atoms with Crippen LogP contribution < -0.4 is 28.7 Å². The van der Waals surface area contributed by atoms with Gasteiger partial charge in [-0.2, -0.15) is 0 Å². The van der Waals surface area contributed by atoms with Crippen LogP contribution in [0.3, 0.4) is 0 Å². The van der Waals surface area contributed by atoms with Crippen molar-refractivity contribution in [1.29, 1.82) is 0 Å². The van der Waals surface area contributed by atoms with Gasteiger partial charge in [-0.15, -0.1) is 0 Å². The number of halogens is 4. The molecule has 105 heavy (non-hydrogen) atoms. The minimum atomic E-state index is -0.585. The molecule has 0 saturated heterocycles. The monoisotopic (exact) mass is 1510 g/mol. The van der Waals surface area contributed by atoms with E-state index in [9.17, 15) is 0 Å². The Morgan fingerprint density at radius 1 is 0.286 bits per heavy atom. The molecule has 0 fully saturated rings. The third kappa shape index (κ3) is 21.1. The van der Waals surface area contributed by atoms with Crippen molar-refractivity contribution in [3.8, 4) is 23.0 Å². The number of fused-ring (bicyclic) bond motifs is 2. The van der Waals surface area contributed by atoms with Gasteiger partial charge in [0, 0.05) is 75.3 Å². The summed E-state index contributed by atoms with van der Waals surface area (Å²) in [6, 6.07) is 13.8. The van der Waals surface area contributed by atoms with Crippen molar-refractivity contribution in [2.75, 3.05) is 36.2 Å². The standard InChI is InChI=1S/C91H124Cl4N2O8/c1-11-16-21-26-31-32-37-42-47-65(46-41-36-30-25-20-15-5)59-105-77-49-64(10)75(55-79(77)104-58-62(8)45-40-35-29-24-19-14-4)97-90(100)68-52-72(94)84-82-70(92)50-66-80-67(51-71(93)83(86(80)82)85-73(95)53-69(91(97)101)81(68)87(84)85)89(99)96(88(66)98)74-54-78(103-57-61(7)44-39-34-28-23-18-13-3)76(48-63(74)9)102-56-60(6)43-38-33-27-22-17-12-2/h48-55,60-62,65H,11-47,56-59H2,1-10H3. The van der Waals surface area contributed by atoms with Crippen molar-refractivity contribution < 1.29 is 38.1 Å². The molecular formula is C91H124Cl4N2O8. The Hall–Kier alpha value is -5.52. The van der Waals surface area contributed by atoms with Gasteiger partial charge < -0.3 is 18.9 Å². The highest BCUT2D eigenvalue weighted by Crippen LogP contribution is 2.55. The normalized spacial score (nSPS) is 14.3. The molecule has 7 aromatic rings. The van der Waals surface area contributed by atoms with Gasteiger partial charge in [0.1, 0.15) is 0 Å². The van der Waals surface area contributed by atoms with E-state index in [0.29, 0.717) is 127 Å². The van der Waals surface area contributed by atoms with Gasteiger partial charge in [-0.1, -0.05) is 307 Å². The highest BCUT2D eigenvalue weighted by molar-refractivity contribution is 6.57. The molecule has 4 amide bonds. The predicted molar refractivity (Wildman–Crippen MR) is 444 cm³/mol. The Balaban J connectivity index is 1.05. The van der Waals surface area contributed by atoms with Crippen molar-refractivity contribution in [2.45, 2.75) is 307 Å². The van der Waals surface area contributed by atoms with Gasteiger partial charge in [-0.3, -0.25) is 19.2 Å². The quantitative estimate of drug-likeness (QED) is 0.0160. The minimum Gasteiger partial charge on any atom is -0.489 e. The lowest BCUT2D eigenvalue weighted by Crippen LogP contribution is -2.41. The van der Waals surface area contributed by atoms with Gasteiger partial charge in [0.05, 0.1) is 60.1 Å². The van der Waals surface area contributed by atoms with Crippen LogP contribution in [0.15, 0.2) is 48.5 Å². The molecular weight excluding hydrogens is 1390 g/mol. The Labute approximate surface area is 650 Å². The summed E-state index contributed by atoms with van der Waals surface area (Å²) in [6.07, 6.45) is 44.7. The Morgan fingerprint density at radius 2 is 0.514 bits per heavy atom. The number of hydrogen-bond donors (Lipinski definition) is 0. The number of nitrogens with zero attached hydrogens (tertiary/aromatic N) is 2. The molecule has 10 nitrogen and oxygen atoms in total. The first kappa shape index (κ1) is 83.5. The third-order valence-electron chi connectivity index (χ3n) is 22.5. The lowest BCUT2D eigenvalue weighted by Gasteiger charge is -2.32. The fourth-order valence-corrected chi connectivity index (χ4v) is 17.4. The molecule has 9 rings (SSSR count). The topological polar surface area (TPSA) is 112 Å². The van der Waals surface area contributed by atoms with Crippen molar-refractivity contribution in [2.24, 2.45) is 23.7 Å². The van der Waals surface area contributed by atoms with Gasteiger partial charge in [-0.25, -0.2) is 9.80 Å². The first-order chi connectivity index (χ1) is 50.9. The van der Waals surface area contributed by atoms with Crippen molar-refractivity contribution in [3.05, 3.63) is 102 Å². The smallest absolute Gasteiger partial charge is 0.266 e. The highest BCUT2D eigenvalue weighted by atomic mass is 35.5. The Morgan fingerprint density at radius 3 is 0.781 bits per heavy atom. The molecule has 2 heterocycles. The van der Waals surface area contributed by atoms with Gasteiger partial charge in [0.25, 0.3) is 23.6 Å². The fraction of sp³-hybridized carbons (Fsp3) is 0.604. The number of unbranched alkanes of at least 4 members (excludes halogenated alkanes) is 27. The van der Waals surface area contributed by atoms with E-state index in [2.05, 4.69) is 55.4 Å². The van der Waals surface area contributed by atoms with Crippen LogP contribution in [-0.4, -0.2) is 50.1 Å². The summed E-state index contributed by atoms with van der Waals surface area (Å²) in [5, 5.41) is 3.78. The maximum Gasteiger partial charge on any atom is 0.266 e. The molecule has 0 aromatic heterocycles. The van der Waals surface area contributed by atoms with Crippen molar-refractivity contribution in [1.82, 2.24) is 0 Å². The lowest BCUT2D eigenvalue weighted by atomic mass is 9.81. The number of ether oxygens (including phenoxy) is 4. The molecule has 4 unspecified atom stereocenters. The van der Waals surface area contributed by atoms with Crippen LogP contribution in [0.1, 0.15) is 346 Å². The number of amides is 4. The molecule has 2 aliphatic rings. The minimum absolute atomic E-state index is 0.154. The Bertz CT molecular complexity index is 3900. The molecule has 0 aliphatic carbocycles. The highest BCUT2D eigenvalue weighted by Gasteiger charge is 2.42. The molecule has 0 bridgehead atoms. The van der Waals surface area contributed by atoms with Gasteiger partial charge in [0.15, 0.2) is 23.0 Å². The summed E-state index contributed by atoms with van der Waals surface area (Å²) < 4.78 is 27.1. The SMILES string of the molecule is CCCCCCCCCCC(CCCCCCCC)COc1cc(C)c(N2C(=O)c3cc(Cl)c4c5c(Cl)cc6c7c(cc(Cl)c(c8c(Cl)cc(c3c48)C2=O)c75)C(=O)N(c2cc(OCC(C)CCCCCCCC)c(OCC(C)CCCCCCCC)cc2C)C6=O)cc1OCC(C)CCCCCCCC. The summed E-state index contributed by atoms with van der Waals surface area (Å²) in [4.78, 5) is 64.8. The Kier molecular flexibility index (Phi) is 33.3. The largest absolute Gasteiger partial charge is 0.489 e. The van der Waals surface area contributed by atoms with E-state index >= 15 is 19.2 Å². The maximum atomic E-state index is 15.7. The molecule has 7 aromatic carbocycles. The predicted octanol–water partition coefficient (Wildman–Crippen LogP) is 29.1. The second-order valence-corrected chi connectivity index (χ2v) is 33.2. The van der Waals surface area contributed by atoms with Crippen LogP contribution >= 0.6 is 46.4 Å². The molecule has 2 aliphatic heterocycles.